The fourth-order valence-electron chi connectivity index (χ4n) is 3.32. The number of para-hydroxylation sites is 1. The summed E-state index contributed by atoms with van der Waals surface area (Å²) in [4.78, 5) is 38.5. The number of carboxylic acids is 1. The second-order valence-electron chi connectivity index (χ2n) is 9.78. The zero-order valence-corrected chi connectivity index (χ0v) is 20.2. The number of aliphatic hydroxyl groups is 1. The van der Waals surface area contributed by atoms with E-state index in [2.05, 4.69) is 5.32 Å². The van der Waals surface area contributed by atoms with Gasteiger partial charge in [-0.15, -0.1) is 0 Å². The molecule has 1 aromatic rings. The molecule has 180 valence electrons. The number of nitrogens with zero attached hydrogens (tertiary/aromatic N) is 1. The van der Waals surface area contributed by atoms with Crippen molar-refractivity contribution in [3.63, 3.8) is 0 Å². The highest BCUT2D eigenvalue weighted by molar-refractivity contribution is 5.89. The van der Waals surface area contributed by atoms with Crippen molar-refractivity contribution in [1.82, 2.24) is 5.32 Å². The first-order chi connectivity index (χ1) is 14.7. The molecule has 0 aromatic heterocycles. The van der Waals surface area contributed by atoms with Crippen LogP contribution in [0.5, 0.6) is 0 Å². The number of carbonyl (C=O) groups excluding carboxylic acids is 2. The lowest BCUT2D eigenvalue weighted by Gasteiger charge is -2.37. The number of carboxylic acid groups (broad SMARTS) is 1. The van der Waals surface area contributed by atoms with Gasteiger partial charge in [0.15, 0.2) is 0 Å². The molecule has 0 unspecified atom stereocenters. The largest absolute Gasteiger partial charge is 0.480 e. The van der Waals surface area contributed by atoms with Crippen molar-refractivity contribution in [2.24, 2.45) is 11.8 Å². The van der Waals surface area contributed by atoms with Crippen molar-refractivity contribution in [2.75, 3.05) is 4.90 Å². The van der Waals surface area contributed by atoms with Crippen LogP contribution < -0.4 is 10.2 Å². The van der Waals surface area contributed by atoms with Crippen molar-refractivity contribution < 1.29 is 29.3 Å². The van der Waals surface area contributed by atoms with Gasteiger partial charge < -0.3 is 20.3 Å². The summed E-state index contributed by atoms with van der Waals surface area (Å²) < 4.78 is 5.60. The number of nitrogens with one attached hydrogen (secondary N) is 1. The summed E-state index contributed by atoms with van der Waals surface area (Å²) >= 11 is 0. The fourth-order valence-corrected chi connectivity index (χ4v) is 3.32. The third-order valence-electron chi connectivity index (χ3n) is 4.76. The van der Waals surface area contributed by atoms with Gasteiger partial charge >= 0.3 is 12.1 Å². The first-order valence-corrected chi connectivity index (χ1v) is 11.0. The lowest BCUT2D eigenvalue weighted by Crippen LogP contribution is -2.52. The molecule has 2 amide bonds. The van der Waals surface area contributed by atoms with Crippen LogP contribution in [0.4, 0.5) is 10.5 Å². The number of hydrogen-bond acceptors (Lipinski definition) is 5. The number of hydrogen-bond donors (Lipinski definition) is 3. The Labute approximate surface area is 190 Å². The minimum Gasteiger partial charge on any atom is -0.480 e. The number of ether oxygens (including phenoxy) is 1. The molecular formula is C24H38N2O6. The minimum absolute atomic E-state index is 0.105. The van der Waals surface area contributed by atoms with Crippen LogP contribution in [0.15, 0.2) is 30.3 Å². The van der Waals surface area contributed by atoms with E-state index >= 15 is 0 Å². The highest BCUT2D eigenvalue weighted by Crippen LogP contribution is 2.27. The number of aliphatic hydroxyl groups excluding tert-OH is 1. The molecule has 1 aromatic carbocycles. The smallest absolute Gasteiger partial charge is 0.415 e. The molecule has 0 spiro atoms. The molecule has 3 N–H and O–H groups in total. The quantitative estimate of drug-likeness (QED) is 0.499. The first kappa shape index (κ1) is 27.4. The van der Waals surface area contributed by atoms with Crippen molar-refractivity contribution in [1.29, 1.82) is 0 Å². The molecule has 0 aliphatic rings. The highest BCUT2D eigenvalue weighted by atomic mass is 16.6. The van der Waals surface area contributed by atoms with Gasteiger partial charge in [-0.1, -0.05) is 45.9 Å². The van der Waals surface area contributed by atoms with Crippen LogP contribution in [0.3, 0.4) is 0 Å². The molecule has 0 bridgehead atoms. The van der Waals surface area contributed by atoms with Crippen LogP contribution in [0.1, 0.15) is 61.3 Å². The molecule has 0 saturated carbocycles. The number of benzene rings is 1. The molecule has 0 radical (unpaired) electrons. The summed E-state index contributed by atoms with van der Waals surface area (Å²) in [7, 11) is 0. The third kappa shape index (κ3) is 8.86. The molecule has 0 fully saturated rings. The topological polar surface area (TPSA) is 116 Å². The molecule has 3 atom stereocenters. The number of carbonyl (C=O) groups is 3. The molecule has 0 heterocycles. The van der Waals surface area contributed by atoms with Gasteiger partial charge in [0.2, 0.25) is 5.91 Å². The van der Waals surface area contributed by atoms with E-state index in [0.29, 0.717) is 12.1 Å². The first-order valence-electron chi connectivity index (χ1n) is 11.0. The number of anilines is 1. The monoisotopic (exact) mass is 450 g/mol. The van der Waals surface area contributed by atoms with Crippen LogP contribution in [0, 0.1) is 11.8 Å². The van der Waals surface area contributed by atoms with Crippen LogP contribution in [0.25, 0.3) is 0 Å². The van der Waals surface area contributed by atoms with E-state index in [4.69, 9.17) is 4.74 Å². The van der Waals surface area contributed by atoms with Crippen LogP contribution in [0.2, 0.25) is 0 Å². The maximum Gasteiger partial charge on any atom is 0.415 e. The summed E-state index contributed by atoms with van der Waals surface area (Å²) in [5, 5.41) is 22.8. The predicted molar refractivity (Wildman–Crippen MR) is 123 cm³/mol. The Bertz CT molecular complexity index is 758. The normalized spacial score (nSPS) is 14.6. The van der Waals surface area contributed by atoms with Crippen LogP contribution in [-0.4, -0.2) is 52.0 Å². The molecular weight excluding hydrogens is 412 g/mol. The summed E-state index contributed by atoms with van der Waals surface area (Å²) in [6, 6.07) is 7.04. The molecule has 1 rings (SSSR count). The highest BCUT2D eigenvalue weighted by Gasteiger charge is 2.36. The zero-order valence-electron chi connectivity index (χ0n) is 20.2. The van der Waals surface area contributed by atoms with E-state index in [9.17, 15) is 24.6 Å². The van der Waals surface area contributed by atoms with Crippen molar-refractivity contribution in [3.8, 4) is 0 Å². The van der Waals surface area contributed by atoms with Gasteiger partial charge in [-0.05, 0) is 51.2 Å². The van der Waals surface area contributed by atoms with Crippen LogP contribution >= 0.6 is 0 Å². The van der Waals surface area contributed by atoms with Gasteiger partial charge in [-0.2, -0.15) is 0 Å². The number of aliphatic carboxylic acids is 1. The Hall–Kier alpha value is -2.61. The zero-order chi connectivity index (χ0) is 24.6. The van der Waals surface area contributed by atoms with Crippen molar-refractivity contribution >= 4 is 23.7 Å². The predicted octanol–water partition coefficient (Wildman–Crippen LogP) is 3.82. The maximum absolute atomic E-state index is 13.1. The van der Waals surface area contributed by atoms with E-state index in [1.165, 1.54) is 4.90 Å². The van der Waals surface area contributed by atoms with Crippen molar-refractivity contribution in [2.45, 2.75) is 85.1 Å². The summed E-state index contributed by atoms with van der Waals surface area (Å²) in [5.41, 5.74) is -0.210. The molecule has 0 saturated heterocycles. The van der Waals surface area contributed by atoms with Gasteiger partial charge in [0.25, 0.3) is 0 Å². The van der Waals surface area contributed by atoms with Gasteiger partial charge in [-0.3, -0.25) is 9.69 Å². The van der Waals surface area contributed by atoms with Gasteiger partial charge in [0.05, 0.1) is 18.6 Å². The van der Waals surface area contributed by atoms with E-state index in [1.807, 2.05) is 19.9 Å². The second kappa shape index (κ2) is 11.9. The SMILES string of the molecule is CC(C)C[C@@H]([C@@H](O)CC(=O)N[C@H](C(=O)O)C(C)C)N(C(=O)OC(C)(C)C)c1ccccc1. The minimum atomic E-state index is -1.23. The maximum atomic E-state index is 13.1. The van der Waals surface area contributed by atoms with Gasteiger partial charge in [0, 0.05) is 5.69 Å². The summed E-state index contributed by atoms with van der Waals surface area (Å²) in [5.74, 6) is -1.94. The Morgan fingerprint density at radius 2 is 1.62 bits per heavy atom. The Kier molecular flexibility index (Phi) is 10.2. The van der Waals surface area contributed by atoms with Crippen LogP contribution in [-0.2, 0) is 14.3 Å². The van der Waals surface area contributed by atoms with E-state index in [0.717, 1.165) is 0 Å². The van der Waals surface area contributed by atoms with E-state index < -0.39 is 41.8 Å². The lowest BCUT2D eigenvalue weighted by molar-refractivity contribution is -0.143. The Morgan fingerprint density at radius 3 is 2.06 bits per heavy atom. The van der Waals surface area contributed by atoms with E-state index in [1.54, 1.807) is 58.9 Å². The van der Waals surface area contributed by atoms with E-state index in [-0.39, 0.29) is 18.3 Å². The standard InChI is InChI=1S/C24H38N2O6/c1-15(2)13-18(19(27)14-20(28)25-21(16(3)4)22(29)30)26(17-11-9-8-10-12-17)23(31)32-24(5,6)7/h8-12,15-16,18-19,21,27H,13-14H2,1-7H3,(H,25,28)(H,29,30)/t18-,19-,21-/m0/s1. The lowest BCUT2D eigenvalue weighted by atomic mass is 9.94. The Morgan fingerprint density at radius 1 is 1.06 bits per heavy atom. The summed E-state index contributed by atoms with van der Waals surface area (Å²) in [6.07, 6.45) is -1.79. The molecule has 8 heteroatoms. The average Bonchev–Trinajstić information content (AvgIpc) is 2.64. The number of amides is 2. The third-order valence-corrected chi connectivity index (χ3v) is 4.76. The fraction of sp³-hybridized carbons (Fsp3) is 0.625. The van der Waals surface area contributed by atoms with Crippen molar-refractivity contribution in [3.05, 3.63) is 30.3 Å². The summed E-state index contributed by atoms with van der Waals surface area (Å²) in [6.45, 7) is 12.6. The number of rotatable bonds is 10. The Balaban J connectivity index is 3.22. The molecule has 32 heavy (non-hydrogen) atoms. The molecule has 8 nitrogen and oxygen atoms in total. The van der Waals surface area contributed by atoms with Gasteiger partial charge in [-0.25, -0.2) is 9.59 Å². The molecule has 0 aliphatic carbocycles. The average molecular weight is 451 g/mol. The molecule has 0 aliphatic heterocycles. The van der Waals surface area contributed by atoms with Gasteiger partial charge in [0.1, 0.15) is 11.6 Å². The second-order valence-corrected chi connectivity index (χ2v) is 9.78.